The first-order valence-corrected chi connectivity index (χ1v) is 8.20. The second kappa shape index (κ2) is 8.08. The Kier molecular flexibility index (Phi) is 6.13. The molecule has 0 aliphatic heterocycles. The first-order chi connectivity index (χ1) is 10.7. The topological polar surface area (TPSA) is 43.4 Å². The minimum absolute atomic E-state index is 0.774. The number of benzene rings is 1. The van der Waals surface area contributed by atoms with Gasteiger partial charge >= 0.3 is 0 Å². The summed E-state index contributed by atoms with van der Waals surface area (Å²) in [5.74, 6) is 0.950. The summed E-state index contributed by atoms with van der Waals surface area (Å²) in [6.45, 7) is 4.08. The molecule has 1 aromatic carbocycles. The molecule has 0 unspecified atom stereocenters. The van der Waals surface area contributed by atoms with Gasteiger partial charge in [-0.25, -0.2) is 0 Å². The van der Waals surface area contributed by atoms with E-state index in [2.05, 4.69) is 40.4 Å². The van der Waals surface area contributed by atoms with Gasteiger partial charge in [0.15, 0.2) is 5.96 Å². The van der Waals surface area contributed by atoms with E-state index in [1.165, 1.54) is 23.8 Å². The van der Waals surface area contributed by atoms with E-state index in [0.717, 1.165) is 36.0 Å². The summed E-state index contributed by atoms with van der Waals surface area (Å²) in [5.41, 5.74) is 2.40. The second-order valence-electron chi connectivity index (χ2n) is 5.50. The smallest absolute Gasteiger partial charge is 0.193 e. The van der Waals surface area contributed by atoms with Crippen molar-refractivity contribution in [2.45, 2.75) is 26.2 Å². The van der Waals surface area contributed by atoms with Crippen LogP contribution in [-0.2, 0) is 6.42 Å². The number of nitrogens with one attached hydrogen (secondary N) is 2. The zero-order chi connectivity index (χ0) is 15.9. The van der Waals surface area contributed by atoms with Gasteiger partial charge < -0.3 is 15.2 Å². The summed E-state index contributed by atoms with van der Waals surface area (Å²) < 4.78 is 0. The average molecular weight is 321 g/mol. The average Bonchev–Trinajstić information content (AvgIpc) is 2.91. The molecular formula is C17H25ClN4. The molecule has 0 saturated carbocycles. The maximum atomic E-state index is 6.09. The van der Waals surface area contributed by atoms with E-state index in [-0.39, 0.29) is 0 Å². The van der Waals surface area contributed by atoms with Crippen LogP contribution in [0.1, 0.15) is 25.3 Å². The maximum Gasteiger partial charge on any atom is 0.193 e. The van der Waals surface area contributed by atoms with Gasteiger partial charge in [-0.3, -0.25) is 4.99 Å². The van der Waals surface area contributed by atoms with Gasteiger partial charge in [-0.05, 0) is 36.6 Å². The molecule has 0 saturated heterocycles. The number of H-pyrrole nitrogens is 1. The molecule has 5 heteroatoms. The van der Waals surface area contributed by atoms with Crippen molar-refractivity contribution in [2.24, 2.45) is 4.99 Å². The summed E-state index contributed by atoms with van der Waals surface area (Å²) in [5, 5.41) is 5.40. The van der Waals surface area contributed by atoms with Crippen molar-refractivity contribution >= 4 is 28.5 Å². The number of unbranched alkanes of at least 4 members (excludes halogenated alkanes) is 1. The first-order valence-electron chi connectivity index (χ1n) is 7.83. The fourth-order valence-corrected chi connectivity index (χ4v) is 2.72. The predicted molar refractivity (Wildman–Crippen MR) is 95.9 cm³/mol. The molecule has 0 fully saturated rings. The molecule has 1 aromatic heterocycles. The molecule has 0 aliphatic carbocycles. The van der Waals surface area contributed by atoms with Crippen molar-refractivity contribution in [3.8, 4) is 0 Å². The van der Waals surface area contributed by atoms with Crippen LogP contribution in [0.3, 0.4) is 0 Å². The molecule has 0 radical (unpaired) electrons. The molecule has 0 spiro atoms. The van der Waals surface area contributed by atoms with Crippen LogP contribution in [0.25, 0.3) is 10.9 Å². The molecule has 0 atom stereocenters. The number of guanidine groups is 1. The lowest BCUT2D eigenvalue weighted by Gasteiger charge is -2.21. The van der Waals surface area contributed by atoms with Crippen LogP contribution in [0, 0.1) is 0 Å². The molecule has 1 heterocycles. The lowest BCUT2D eigenvalue weighted by Crippen LogP contribution is -2.40. The van der Waals surface area contributed by atoms with Crippen LogP contribution >= 0.6 is 11.6 Å². The van der Waals surface area contributed by atoms with E-state index in [4.69, 9.17) is 11.6 Å². The third-order valence-electron chi connectivity index (χ3n) is 3.83. The molecule has 0 aliphatic rings. The van der Waals surface area contributed by atoms with Gasteiger partial charge in [-0.15, -0.1) is 0 Å². The number of aromatic nitrogens is 1. The van der Waals surface area contributed by atoms with E-state index in [9.17, 15) is 0 Å². The number of aromatic amines is 1. The van der Waals surface area contributed by atoms with Gasteiger partial charge in [-0.1, -0.05) is 24.9 Å². The highest BCUT2D eigenvalue weighted by atomic mass is 35.5. The van der Waals surface area contributed by atoms with E-state index in [1.807, 2.05) is 25.2 Å². The van der Waals surface area contributed by atoms with Crippen LogP contribution in [0.4, 0.5) is 0 Å². The Bertz CT molecular complexity index is 633. The SMILES string of the molecule is CCCCN(C)C(=NC)NCCc1c[nH]c2ccc(Cl)cc12. The van der Waals surface area contributed by atoms with E-state index >= 15 is 0 Å². The minimum atomic E-state index is 0.774. The van der Waals surface area contributed by atoms with Crippen molar-refractivity contribution in [1.82, 2.24) is 15.2 Å². The molecule has 4 nitrogen and oxygen atoms in total. The van der Waals surface area contributed by atoms with E-state index in [1.54, 1.807) is 0 Å². The van der Waals surface area contributed by atoms with Crippen LogP contribution < -0.4 is 5.32 Å². The van der Waals surface area contributed by atoms with E-state index < -0.39 is 0 Å². The standard InChI is InChI=1S/C17H25ClN4/c1-4-5-10-22(3)17(19-2)20-9-8-13-12-21-16-7-6-14(18)11-15(13)16/h6-7,11-12,21H,4-5,8-10H2,1-3H3,(H,19,20). The van der Waals surface area contributed by atoms with Crippen molar-refractivity contribution < 1.29 is 0 Å². The highest BCUT2D eigenvalue weighted by Gasteiger charge is 2.07. The highest BCUT2D eigenvalue weighted by Crippen LogP contribution is 2.22. The molecule has 120 valence electrons. The Hall–Kier alpha value is -1.68. The fourth-order valence-electron chi connectivity index (χ4n) is 2.55. The van der Waals surface area contributed by atoms with Crippen LogP contribution in [0.5, 0.6) is 0 Å². The first kappa shape index (κ1) is 16.7. The zero-order valence-corrected chi connectivity index (χ0v) is 14.4. The van der Waals surface area contributed by atoms with Gasteiger partial charge in [0, 0.05) is 49.3 Å². The Morgan fingerprint density at radius 2 is 2.23 bits per heavy atom. The monoisotopic (exact) mass is 320 g/mol. The third-order valence-corrected chi connectivity index (χ3v) is 4.06. The zero-order valence-electron chi connectivity index (χ0n) is 13.6. The molecular weight excluding hydrogens is 296 g/mol. The van der Waals surface area contributed by atoms with Crippen molar-refractivity contribution in [1.29, 1.82) is 0 Å². The van der Waals surface area contributed by atoms with Crippen molar-refractivity contribution in [3.05, 3.63) is 35.0 Å². The van der Waals surface area contributed by atoms with Crippen molar-refractivity contribution in [2.75, 3.05) is 27.2 Å². The Morgan fingerprint density at radius 1 is 1.41 bits per heavy atom. The maximum absolute atomic E-state index is 6.09. The summed E-state index contributed by atoms with van der Waals surface area (Å²) in [4.78, 5) is 9.81. The quantitative estimate of drug-likeness (QED) is 0.630. The Morgan fingerprint density at radius 3 is 2.95 bits per heavy atom. The van der Waals surface area contributed by atoms with Gasteiger partial charge in [0.2, 0.25) is 0 Å². The molecule has 2 aromatic rings. The number of fused-ring (bicyclic) bond motifs is 1. The largest absolute Gasteiger partial charge is 0.361 e. The summed E-state index contributed by atoms with van der Waals surface area (Å²) in [6, 6.07) is 5.95. The second-order valence-corrected chi connectivity index (χ2v) is 5.94. The van der Waals surface area contributed by atoms with Gasteiger partial charge in [0.05, 0.1) is 0 Å². The lowest BCUT2D eigenvalue weighted by atomic mass is 10.1. The molecule has 2 N–H and O–H groups in total. The third kappa shape index (κ3) is 4.17. The number of hydrogen-bond donors (Lipinski definition) is 2. The Labute approximate surface area is 137 Å². The Balaban J connectivity index is 1.93. The van der Waals surface area contributed by atoms with Gasteiger partial charge in [0.1, 0.15) is 0 Å². The molecule has 22 heavy (non-hydrogen) atoms. The number of rotatable bonds is 6. The predicted octanol–water partition coefficient (Wildman–Crippen LogP) is 3.67. The summed E-state index contributed by atoms with van der Waals surface area (Å²) in [7, 11) is 3.91. The summed E-state index contributed by atoms with van der Waals surface area (Å²) in [6.07, 6.45) is 5.36. The number of halogens is 1. The lowest BCUT2D eigenvalue weighted by molar-refractivity contribution is 0.465. The van der Waals surface area contributed by atoms with E-state index in [0.29, 0.717) is 0 Å². The minimum Gasteiger partial charge on any atom is -0.361 e. The molecule has 0 bridgehead atoms. The number of nitrogens with zero attached hydrogens (tertiary/aromatic N) is 2. The van der Waals surface area contributed by atoms with Crippen LogP contribution in [-0.4, -0.2) is 43.0 Å². The van der Waals surface area contributed by atoms with Crippen molar-refractivity contribution in [3.63, 3.8) is 0 Å². The normalized spacial score (nSPS) is 11.9. The van der Waals surface area contributed by atoms with Crippen LogP contribution in [0.2, 0.25) is 5.02 Å². The van der Waals surface area contributed by atoms with Gasteiger partial charge in [0.25, 0.3) is 0 Å². The molecule has 0 amide bonds. The molecule has 2 rings (SSSR count). The van der Waals surface area contributed by atoms with Gasteiger partial charge in [-0.2, -0.15) is 0 Å². The fraction of sp³-hybridized carbons (Fsp3) is 0.471. The number of aliphatic imine (C=N–C) groups is 1. The number of hydrogen-bond acceptors (Lipinski definition) is 1. The highest BCUT2D eigenvalue weighted by molar-refractivity contribution is 6.31. The summed E-state index contributed by atoms with van der Waals surface area (Å²) >= 11 is 6.09. The van der Waals surface area contributed by atoms with Crippen LogP contribution in [0.15, 0.2) is 29.4 Å².